The Morgan fingerprint density at radius 3 is 2.86 bits per heavy atom. The molecule has 0 aromatic heterocycles. The molecule has 0 aromatic rings. The van der Waals surface area contributed by atoms with Crippen LogP contribution in [-0.4, -0.2) is 18.5 Å². The summed E-state index contributed by atoms with van der Waals surface area (Å²) in [6.07, 6.45) is 2.91. The first kappa shape index (κ1) is 7.02. The van der Waals surface area contributed by atoms with Gasteiger partial charge in [0.05, 0.1) is 0 Å². The summed E-state index contributed by atoms with van der Waals surface area (Å²) in [4.78, 5) is 3.99. The first-order chi connectivity index (χ1) is 3.41. The van der Waals surface area contributed by atoms with E-state index in [0.29, 0.717) is 0 Å². The minimum atomic E-state index is 0.897. The number of hydrogen-bond donors (Lipinski definition) is 1. The van der Waals surface area contributed by atoms with Crippen LogP contribution in [-0.2, 0) is 0 Å². The van der Waals surface area contributed by atoms with E-state index in [1.54, 1.807) is 0 Å². The molecule has 7 heavy (non-hydrogen) atoms. The lowest BCUT2D eigenvalue weighted by molar-refractivity contribution is 1.12. The van der Waals surface area contributed by atoms with Crippen LogP contribution in [0.2, 0.25) is 0 Å². The summed E-state index contributed by atoms with van der Waals surface area (Å²) in [6.45, 7) is 2.92. The van der Waals surface area contributed by atoms with Gasteiger partial charge in [0.15, 0.2) is 0 Å². The van der Waals surface area contributed by atoms with Gasteiger partial charge in [-0.1, -0.05) is 0 Å². The van der Waals surface area contributed by atoms with Gasteiger partial charge >= 0.3 is 0 Å². The maximum Gasteiger partial charge on any atom is 0.0357 e. The zero-order valence-corrected chi connectivity index (χ0v) is 5.49. The van der Waals surface area contributed by atoms with E-state index in [1.165, 1.54) is 0 Å². The lowest BCUT2D eigenvalue weighted by Crippen LogP contribution is -1.76. The van der Waals surface area contributed by atoms with Crippen molar-refractivity contribution >= 4 is 18.8 Å². The van der Waals surface area contributed by atoms with Crippen LogP contribution in [0.1, 0.15) is 13.3 Å². The molecule has 0 aliphatic carbocycles. The number of aliphatic imine (C=N–C) groups is 1. The quantitative estimate of drug-likeness (QED) is 0.424. The molecule has 0 saturated carbocycles. The highest BCUT2D eigenvalue weighted by molar-refractivity contribution is 7.80. The molecule has 0 aliphatic heterocycles. The van der Waals surface area contributed by atoms with Crippen LogP contribution in [0.25, 0.3) is 0 Å². The molecule has 0 aromatic carbocycles. The number of nitrogens with zero attached hydrogens (tertiary/aromatic N) is 1. The standard InChI is InChI=1S/C5H11NS/c1-2-6-4-3-5-7/h4,7H,2-3,5H2,1H3. The van der Waals surface area contributed by atoms with Gasteiger partial charge in [-0.15, -0.1) is 0 Å². The van der Waals surface area contributed by atoms with Gasteiger partial charge in [-0.25, -0.2) is 0 Å². The normalized spacial score (nSPS) is 10.6. The second kappa shape index (κ2) is 6.02. The van der Waals surface area contributed by atoms with Crippen molar-refractivity contribution in [3.8, 4) is 0 Å². The summed E-state index contributed by atoms with van der Waals surface area (Å²) in [7, 11) is 0. The molecule has 0 heterocycles. The fraction of sp³-hybridized carbons (Fsp3) is 0.800. The van der Waals surface area contributed by atoms with Crippen LogP contribution >= 0.6 is 12.6 Å². The second-order valence-corrected chi connectivity index (χ2v) is 1.64. The molecule has 0 bridgehead atoms. The molecule has 0 fully saturated rings. The molecule has 0 spiro atoms. The third-order valence-corrected chi connectivity index (χ3v) is 0.828. The fourth-order valence-electron chi connectivity index (χ4n) is 0.278. The molecule has 42 valence electrons. The first-order valence-corrected chi connectivity index (χ1v) is 3.14. The summed E-state index contributed by atoms with van der Waals surface area (Å²) in [5.74, 6) is 0.906. The molecule has 0 aliphatic rings. The molecule has 1 nitrogen and oxygen atoms in total. The molecular formula is C5H11NS. The van der Waals surface area contributed by atoms with Gasteiger partial charge in [-0.05, 0) is 25.3 Å². The Morgan fingerprint density at radius 1 is 1.71 bits per heavy atom. The predicted molar refractivity (Wildman–Crippen MR) is 37.5 cm³/mol. The van der Waals surface area contributed by atoms with Crippen LogP contribution in [0.3, 0.4) is 0 Å². The summed E-state index contributed by atoms with van der Waals surface area (Å²) >= 11 is 4.00. The predicted octanol–water partition coefficient (Wildman–Crippen LogP) is 1.40. The van der Waals surface area contributed by atoms with E-state index in [-0.39, 0.29) is 0 Å². The summed E-state index contributed by atoms with van der Waals surface area (Å²) in [6, 6.07) is 0. The van der Waals surface area contributed by atoms with Gasteiger partial charge in [-0.3, -0.25) is 4.99 Å². The van der Waals surface area contributed by atoms with Crippen molar-refractivity contribution in [3.05, 3.63) is 0 Å². The topological polar surface area (TPSA) is 12.4 Å². The first-order valence-electron chi connectivity index (χ1n) is 2.51. The molecule has 0 N–H and O–H groups in total. The van der Waals surface area contributed by atoms with Crippen molar-refractivity contribution in [3.63, 3.8) is 0 Å². The zero-order valence-electron chi connectivity index (χ0n) is 4.59. The van der Waals surface area contributed by atoms with Gasteiger partial charge < -0.3 is 0 Å². The molecular weight excluding hydrogens is 106 g/mol. The Hall–Kier alpha value is 0.0200. The molecule has 0 saturated heterocycles. The SMILES string of the molecule is CCN=CCCS. The Labute approximate surface area is 50.2 Å². The maximum absolute atomic E-state index is 4.00. The van der Waals surface area contributed by atoms with Gasteiger partial charge in [0.1, 0.15) is 0 Å². The van der Waals surface area contributed by atoms with Crippen molar-refractivity contribution < 1.29 is 0 Å². The largest absolute Gasteiger partial charge is 0.298 e. The second-order valence-electron chi connectivity index (χ2n) is 1.19. The van der Waals surface area contributed by atoms with Crippen LogP contribution in [0.4, 0.5) is 0 Å². The Balaban J connectivity index is 2.78. The molecule has 0 unspecified atom stereocenters. The molecule has 0 rings (SSSR count). The smallest absolute Gasteiger partial charge is 0.0357 e. The minimum absolute atomic E-state index is 0.897. The van der Waals surface area contributed by atoms with Gasteiger partial charge in [0, 0.05) is 6.54 Å². The van der Waals surface area contributed by atoms with Crippen molar-refractivity contribution in [1.29, 1.82) is 0 Å². The van der Waals surface area contributed by atoms with E-state index in [0.717, 1.165) is 18.7 Å². The van der Waals surface area contributed by atoms with E-state index < -0.39 is 0 Å². The van der Waals surface area contributed by atoms with Gasteiger partial charge in [-0.2, -0.15) is 12.6 Å². The van der Waals surface area contributed by atoms with Crippen LogP contribution in [0, 0.1) is 0 Å². The molecule has 0 radical (unpaired) electrons. The van der Waals surface area contributed by atoms with E-state index in [4.69, 9.17) is 0 Å². The van der Waals surface area contributed by atoms with Gasteiger partial charge in [0.2, 0.25) is 0 Å². The monoisotopic (exact) mass is 117 g/mol. The summed E-state index contributed by atoms with van der Waals surface area (Å²) in [5.41, 5.74) is 0. The fourth-order valence-corrected chi connectivity index (χ4v) is 0.394. The zero-order chi connectivity index (χ0) is 5.54. The summed E-state index contributed by atoms with van der Waals surface area (Å²) < 4.78 is 0. The lowest BCUT2D eigenvalue weighted by Gasteiger charge is -1.79. The number of hydrogen-bond acceptors (Lipinski definition) is 2. The van der Waals surface area contributed by atoms with Crippen LogP contribution in [0.15, 0.2) is 4.99 Å². The Kier molecular flexibility index (Phi) is 6.04. The van der Waals surface area contributed by atoms with E-state index in [1.807, 2.05) is 13.1 Å². The molecule has 0 amide bonds. The number of rotatable bonds is 3. The average Bonchev–Trinajstić information content (AvgIpc) is 1.69. The van der Waals surface area contributed by atoms with Crippen LogP contribution < -0.4 is 0 Å². The highest BCUT2D eigenvalue weighted by atomic mass is 32.1. The highest BCUT2D eigenvalue weighted by Crippen LogP contribution is 1.77. The van der Waals surface area contributed by atoms with Crippen molar-refractivity contribution in [2.45, 2.75) is 13.3 Å². The Morgan fingerprint density at radius 2 is 2.43 bits per heavy atom. The van der Waals surface area contributed by atoms with Crippen molar-refractivity contribution in [2.75, 3.05) is 12.3 Å². The molecule has 2 heteroatoms. The lowest BCUT2D eigenvalue weighted by atomic mass is 10.5. The highest BCUT2D eigenvalue weighted by Gasteiger charge is 1.69. The number of thiol groups is 1. The van der Waals surface area contributed by atoms with Crippen molar-refractivity contribution in [2.24, 2.45) is 4.99 Å². The average molecular weight is 117 g/mol. The minimum Gasteiger partial charge on any atom is -0.298 e. The maximum atomic E-state index is 4.00. The van der Waals surface area contributed by atoms with E-state index in [2.05, 4.69) is 17.6 Å². The van der Waals surface area contributed by atoms with Gasteiger partial charge in [0.25, 0.3) is 0 Å². The van der Waals surface area contributed by atoms with Crippen LogP contribution in [0.5, 0.6) is 0 Å². The summed E-state index contributed by atoms with van der Waals surface area (Å²) in [5, 5.41) is 0. The third-order valence-electron chi connectivity index (χ3n) is 0.570. The third kappa shape index (κ3) is 6.02. The van der Waals surface area contributed by atoms with E-state index in [9.17, 15) is 0 Å². The van der Waals surface area contributed by atoms with Crippen molar-refractivity contribution in [1.82, 2.24) is 0 Å². The Bertz CT molecular complexity index is 52.0. The van der Waals surface area contributed by atoms with E-state index >= 15 is 0 Å². The molecule has 0 atom stereocenters.